The summed E-state index contributed by atoms with van der Waals surface area (Å²) in [5.74, 6) is 1.02. The summed E-state index contributed by atoms with van der Waals surface area (Å²) in [6.07, 6.45) is -6.86. The summed E-state index contributed by atoms with van der Waals surface area (Å²) in [4.78, 5) is 0. The SMILES string of the molecule is CC(C)Cc1cc2c(-c3ccccc3C(F)(F)F)cccc2[cH-]1.CC(C)Cc1cc2c(-c3ccccc3C(F)(F)F)cccc2[cH-]1.[B]N([Si](C)(C)C)[Si](C)(C)C.[Cl][Zr+2][Cl]. The van der Waals surface area contributed by atoms with E-state index >= 15 is 0 Å². The molecule has 314 valence electrons. The predicted molar refractivity (Wildman–Crippen MR) is 243 cm³/mol. The molecule has 0 spiro atoms. The molecule has 0 atom stereocenters. The fraction of sp³-hybridized carbons (Fsp3) is 0.348. The maximum atomic E-state index is 13.3. The normalized spacial score (nSPS) is 12.2. The van der Waals surface area contributed by atoms with E-state index in [1.54, 1.807) is 36.4 Å². The molecular weight excluding hydrogens is 910 g/mol. The van der Waals surface area contributed by atoms with E-state index in [0.29, 0.717) is 23.0 Å². The Morgan fingerprint density at radius 2 is 0.864 bits per heavy atom. The molecule has 0 aliphatic rings. The summed E-state index contributed by atoms with van der Waals surface area (Å²) in [7, 11) is 13.4. The van der Waals surface area contributed by atoms with E-state index in [1.165, 1.54) is 23.3 Å². The Kier molecular flexibility index (Phi) is 18.7. The maximum absolute atomic E-state index is 13.3. The van der Waals surface area contributed by atoms with E-state index in [4.69, 9.17) is 25.0 Å². The Morgan fingerprint density at radius 3 is 1.14 bits per heavy atom. The van der Waals surface area contributed by atoms with Gasteiger partial charge in [-0.15, -0.1) is 69.1 Å². The van der Waals surface area contributed by atoms with Gasteiger partial charge in [0.05, 0.1) is 11.1 Å². The van der Waals surface area contributed by atoms with Crippen molar-refractivity contribution in [3.05, 3.63) is 131 Å². The third-order valence-electron chi connectivity index (χ3n) is 9.40. The van der Waals surface area contributed by atoms with Crippen molar-refractivity contribution >= 4 is 63.0 Å². The number of halogens is 8. The van der Waals surface area contributed by atoms with Crippen LogP contribution in [0.3, 0.4) is 0 Å². The summed E-state index contributed by atoms with van der Waals surface area (Å²) in [5.41, 5.74) is 2.95. The molecule has 13 heteroatoms. The molecule has 2 radical (unpaired) electrons. The van der Waals surface area contributed by atoms with Crippen molar-refractivity contribution in [2.45, 2.75) is 92.2 Å². The van der Waals surface area contributed by atoms with Crippen molar-refractivity contribution < 1.29 is 47.2 Å². The third-order valence-corrected chi connectivity index (χ3v) is 16.3. The van der Waals surface area contributed by atoms with Crippen molar-refractivity contribution in [2.24, 2.45) is 11.8 Å². The molecule has 0 saturated heterocycles. The molecule has 6 rings (SSSR count). The van der Waals surface area contributed by atoms with Crippen LogP contribution in [0.5, 0.6) is 0 Å². The Bertz CT molecular complexity index is 2080. The second-order valence-electron chi connectivity index (χ2n) is 17.4. The summed E-state index contributed by atoms with van der Waals surface area (Å²) in [6.45, 7) is 22.2. The molecule has 0 heterocycles. The zero-order chi connectivity index (χ0) is 44.5. The molecule has 0 aliphatic carbocycles. The zero-order valence-corrected chi connectivity index (χ0v) is 41.5. The Labute approximate surface area is 369 Å². The standard InChI is InChI=1S/2C20H18F3.C6H18BNSi2.2ClH.Zr/c2*1-13(2)10-14-11-15-6-5-8-16(18(15)12-14)17-7-3-4-9-19(17)20(21,22)23;1-9(2,3)8(7)10(4,5)6;;;/h2*3-9,11-13H,10H2,1-2H3;1-6H3;2*1H;/q2*-1;;;;+4/p-2. The average Bonchev–Trinajstić information content (AvgIpc) is 3.73. The van der Waals surface area contributed by atoms with Gasteiger partial charge < -0.3 is 4.14 Å². The number of fused-ring (bicyclic) bond motifs is 2. The van der Waals surface area contributed by atoms with Gasteiger partial charge in [-0.1, -0.05) is 127 Å². The van der Waals surface area contributed by atoms with Crippen LogP contribution in [0, 0.1) is 11.8 Å². The van der Waals surface area contributed by atoms with Crippen LogP contribution in [0.25, 0.3) is 43.8 Å². The first-order valence-electron chi connectivity index (χ1n) is 19.5. The van der Waals surface area contributed by atoms with Gasteiger partial charge in [-0.25, -0.2) is 0 Å². The van der Waals surface area contributed by atoms with Gasteiger partial charge in [-0.05, 0) is 47.9 Å². The Hall–Kier alpha value is -2.40. The van der Waals surface area contributed by atoms with Gasteiger partial charge in [0.25, 0.3) is 0 Å². The fourth-order valence-corrected chi connectivity index (χ4v) is 15.2. The predicted octanol–water partition coefficient (Wildman–Crippen LogP) is 16.3. The Morgan fingerprint density at radius 1 is 0.559 bits per heavy atom. The molecule has 0 fully saturated rings. The molecule has 6 aromatic carbocycles. The number of hydrogen-bond acceptors (Lipinski definition) is 1. The molecule has 0 aliphatic heterocycles. The van der Waals surface area contributed by atoms with Crippen LogP contribution in [-0.4, -0.2) is 28.6 Å². The minimum absolute atomic E-state index is 0.243. The number of benzene rings is 4. The van der Waals surface area contributed by atoms with Crippen LogP contribution < -0.4 is 0 Å². The van der Waals surface area contributed by atoms with E-state index in [9.17, 15) is 26.3 Å². The van der Waals surface area contributed by atoms with Crippen molar-refractivity contribution in [1.29, 1.82) is 0 Å². The molecule has 0 amide bonds. The number of alkyl halides is 6. The number of rotatable bonds is 8. The van der Waals surface area contributed by atoms with E-state index in [-0.39, 0.29) is 11.1 Å². The second kappa shape index (κ2) is 21.6. The molecule has 0 saturated carbocycles. The Balaban J connectivity index is 0.000000245. The van der Waals surface area contributed by atoms with Crippen LogP contribution in [0.15, 0.2) is 109 Å². The first kappa shape index (κ1) is 51.0. The van der Waals surface area contributed by atoms with Gasteiger partial charge in [0.1, 0.15) is 16.5 Å². The molecule has 0 bridgehead atoms. The topological polar surface area (TPSA) is 3.24 Å². The molecule has 0 unspecified atom stereocenters. The molecule has 59 heavy (non-hydrogen) atoms. The van der Waals surface area contributed by atoms with E-state index < -0.39 is 60.8 Å². The van der Waals surface area contributed by atoms with Crippen molar-refractivity contribution in [2.75, 3.05) is 0 Å². The van der Waals surface area contributed by atoms with Crippen LogP contribution in [-0.2, 0) is 46.0 Å². The van der Waals surface area contributed by atoms with Crippen LogP contribution in [0.2, 0.25) is 39.3 Å². The fourth-order valence-electron chi connectivity index (χ4n) is 7.18. The van der Waals surface area contributed by atoms with Crippen molar-refractivity contribution in [1.82, 2.24) is 4.14 Å². The molecule has 0 aromatic heterocycles. The zero-order valence-electron chi connectivity index (χ0n) is 35.5. The number of nitrogens with zero attached hydrogens (tertiary/aromatic N) is 1. The van der Waals surface area contributed by atoms with Gasteiger partial charge in [-0.2, -0.15) is 38.5 Å². The average molecular weight is 964 g/mol. The van der Waals surface area contributed by atoms with Crippen LogP contribution >= 0.6 is 17.0 Å². The van der Waals surface area contributed by atoms with Gasteiger partial charge in [-0.3, -0.25) is 0 Å². The molecular formula is C46H54BCl2F6NSi2Zr. The minimum atomic E-state index is -4.36. The van der Waals surface area contributed by atoms with Crippen molar-refractivity contribution in [3.8, 4) is 22.3 Å². The van der Waals surface area contributed by atoms with Gasteiger partial charge >= 0.3 is 50.2 Å². The van der Waals surface area contributed by atoms with Gasteiger partial charge in [0, 0.05) is 0 Å². The first-order chi connectivity index (χ1) is 27.3. The van der Waals surface area contributed by atoms with Crippen LogP contribution in [0.4, 0.5) is 26.3 Å². The summed E-state index contributed by atoms with van der Waals surface area (Å²) in [6, 6.07) is 30.9. The molecule has 6 aromatic rings. The van der Waals surface area contributed by atoms with Gasteiger partial charge in [0.15, 0.2) is 7.98 Å². The monoisotopic (exact) mass is 961 g/mol. The molecule has 1 nitrogen and oxygen atoms in total. The second-order valence-corrected chi connectivity index (χ2v) is 31.2. The summed E-state index contributed by atoms with van der Waals surface area (Å²) >= 11 is -0.826. The number of hydrogen-bond donors (Lipinski definition) is 0. The van der Waals surface area contributed by atoms with E-state index in [2.05, 4.69) is 83.3 Å². The molecule has 0 N–H and O–H groups in total. The van der Waals surface area contributed by atoms with Crippen molar-refractivity contribution in [3.63, 3.8) is 0 Å². The third kappa shape index (κ3) is 14.9. The summed E-state index contributed by atoms with van der Waals surface area (Å²) in [5, 5.41) is 3.77. The van der Waals surface area contributed by atoms with Crippen LogP contribution in [0.1, 0.15) is 49.9 Å². The van der Waals surface area contributed by atoms with E-state index in [1.807, 2.05) is 36.4 Å². The first-order valence-corrected chi connectivity index (χ1v) is 32.7. The quantitative estimate of drug-likeness (QED) is 0.0835. The summed E-state index contributed by atoms with van der Waals surface area (Å²) < 4.78 is 82.0. The van der Waals surface area contributed by atoms with E-state index in [0.717, 1.165) is 46.5 Å². The van der Waals surface area contributed by atoms with Gasteiger partial charge in [0.2, 0.25) is 0 Å².